The molecule has 1 heterocycles. The largest absolute Gasteiger partial charge is 0.348 e. The number of carbonyl (C=O) groups excluding carboxylic acids is 3. The fourth-order valence-electron chi connectivity index (χ4n) is 7.00. The predicted octanol–water partition coefficient (Wildman–Crippen LogP) is 5.40. The van der Waals surface area contributed by atoms with Crippen molar-refractivity contribution >= 4 is 23.4 Å². The topological polar surface area (TPSA) is 66.5 Å². The number of carbonyl (C=O) groups is 3. The first-order valence-corrected chi connectivity index (χ1v) is 13.0. The van der Waals surface area contributed by atoms with E-state index in [1.807, 2.05) is 61.5 Å². The first-order chi connectivity index (χ1) is 18.5. The van der Waals surface area contributed by atoms with E-state index in [0.717, 1.165) is 27.8 Å². The molecule has 2 atom stereocenters. The first-order valence-electron chi connectivity index (χ1n) is 13.0. The van der Waals surface area contributed by atoms with Gasteiger partial charge in [-0.05, 0) is 59.0 Å². The number of hydrogen-bond acceptors (Lipinski definition) is 3. The maximum Gasteiger partial charge on any atom is 0.251 e. The van der Waals surface area contributed by atoms with Crippen molar-refractivity contribution < 1.29 is 14.4 Å². The Balaban J connectivity index is 1.22. The van der Waals surface area contributed by atoms with Crippen molar-refractivity contribution in [2.45, 2.75) is 25.3 Å². The standard InChI is InChI=1S/C33H26N2O3/c1-33-28-25-13-7-5-11-23(25)27(24-12-6-8-14-26(24)28)29(33)31(37)35(32(33)38)22-17-15-21(16-18-22)30(36)34-19-20-9-3-2-4-10-20/h2-18,27-29H,19H2,1H3,(H,34,36)/t27?,28?,29-,33+/m1/s1. The summed E-state index contributed by atoms with van der Waals surface area (Å²) in [5, 5.41) is 2.92. The van der Waals surface area contributed by atoms with Gasteiger partial charge in [0.1, 0.15) is 0 Å². The molecular weight excluding hydrogens is 472 g/mol. The summed E-state index contributed by atoms with van der Waals surface area (Å²) in [6.45, 7) is 2.39. The molecule has 0 saturated carbocycles. The highest BCUT2D eigenvalue weighted by atomic mass is 16.2. The van der Waals surface area contributed by atoms with Gasteiger partial charge in [-0.25, -0.2) is 4.90 Å². The van der Waals surface area contributed by atoms with Crippen LogP contribution >= 0.6 is 0 Å². The molecule has 1 aliphatic heterocycles. The highest BCUT2D eigenvalue weighted by molar-refractivity contribution is 6.25. The molecule has 0 unspecified atom stereocenters. The summed E-state index contributed by atoms with van der Waals surface area (Å²) in [4.78, 5) is 42.3. The molecule has 186 valence electrons. The SMILES string of the molecule is C[C@@]12C(=O)N(c3ccc(C(=O)NCc4ccccc4)cc3)C(=O)[C@H]1C1c3ccccc3C2c2ccccc21. The lowest BCUT2D eigenvalue weighted by Crippen LogP contribution is -2.49. The number of anilines is 1. The van der Waals surface area contributed by atoms with Crippen molar-refractivity contribution in [1.29, 1.82) is 0 Å². The van der Waals surface area contributed by atoms with Crippen LogP contribution in [0.1, 0.15) is 56.9 Å². The van der Waals surface area contributed by atoms with Gasteiger partial charge in [-0.1, -0.05) is 78.9 Å². The molecule has 8 rings (SSSR count). The van der Waals surface area contributed by atoms with Gasteiger partial charge < -0.3 is 5.32 Å². The highest BCUT2D eigenvalue weighted by Gasteiger charge is 2.68. The zero-order chi connectivity index (χ0) is 26.0. The average Bonchev–Trinajstić information content (AvgIpc) is 3.17. The van der Waals surface area contributed by atoms with Gasteiger partial charge in [0.05, 0.1) is 17.0 Å². The maximum atomic E-state index is 14.2. The number of imide groups is 1. The van der Waals surface area contributed by atoms with Crippen molar-refractivity contribution in [3.8, 4) is 0 Å². The molecule has 0 aromatic heterocycles. The number of benzene rings is 4. The van der Waals surface area contributed by atoms with Gasteiger partial charge in [0.2, 0.25) is 11.8 Å². The van der Waals surface area contributed by atoms with Gasteiger partial charge in [0.15, 0.2) is 0 Å². The number of amides is 3. The quantitative estimate of drug-likeness (QED) is 0.383. The number of nitrogens with one attached hydrogen (secondary N) is 1. The molecule has 1 saturated heterocycles. The van der Waals surface area contributed by atoms with Gasteiger partial charge in [-0.15, -0.1) is 0 Å². The van der Waals surface area contributed by atoms with Crippen LogP contribution in [-0.2, 0) is 16.1 Å². The molecule has 1 fully saturated rings. The summed E-state index contributed by atoms with van der Waals surface area (Å²) in [7, 11) is 0. The second-order valence-corrected chi connectivity index (χ2v) is 10.6. The minimum absolute atomic E-state index is 0.165. The third kappa shape index (κ3) is 3.02. The van der Waals surface area contributed by atoms with Gasteiger partial charge in [0.25, 0.3) is 5.91 Å². The van der Waals surface area contributed by atoms with Crippen LogP contribution in [-0.4, -0.2) is 17.7 Å². The van der Waals surface area contributed by atoms with E-state index >= 15 is 0 Å². The van der Waals surface area contributed by atoms with E-state index in [4.69, 9.17) is 0 Å². The summed E-state index contributed by atoms with van der Waals surface area (Å²) >= 11 is 0. The van der Waals surface area contributed by atoms with Gasteiger partial charge in [0, 0.05) is 23.9 Å². The minimum Gasteiger partial charge on any atom is -0.348 e. The Bertz CT molecular complexity index is 1560. The van der Waals surface area contributed by atoms with E-state index in [9.17, 15) is 14.4 Å². The monoisotopic (exact) mass is 498 g/mol. The molecule has 5 nitrogen and oxygen atoms in total. The second kappa shape index (κ2) is 8.25. The van der Waals surface area contributed by atoms with Crippen molar-refractivity contribution in [3.05, 3.63) is 137 Å². The zero-order valence-corrected chi connectivity index (χ0v) is 20.9. The molecule has 3 aliphatic carbocycles. The number of rotatable bonds is 4. The molecule has 38 heavy (non-hydrogen) atoms. The van der Waals surface area contributed by atoms with Crippen molar-refractivity contribution in [1.82, 2.24) is 5.32 Å². The smallest absolute Gasteiger partial charge is 0.251 e. The van der Waals surface area contributed by atoms with Crippen molar-refractivity contribution in [2.24, 2.45) is 11.3 Å². The molecule has 4 aromatic carbocycles. The normalized spacial score (nSPS) is 24.6. The van der Waals surface area contributed by atoms with E-state index in [0.29, 0.717) is 17.8 Å². The summed E-state index contributed by atoms with van der Waals surface area (Å²) in [6, 6.07) is 33.0. The lowest BCUT2D eigenvalue weighted by molar-refractivity contribution is -0.128. The molecule has 5 heteroatoms. The average molecular weight is 499 g/mol. The Hall–Kier alpha value is -4.51. The number of nitrogens with zero attached hydrogens (tertiary/aromatic N) is 1. The van der Waals surface area contributed by atoms with Crippen LogP contribution in [0.3, 0.4) is 0 Å². The maximum absolute atomic E-state index is 14.2. The molecule has 1 N–H and O–H groups in total. The summed E-state index contributed by atoms with van der Waals surface area (Å²) in [5.74, 6) is -1.37. The predicted molar refractivity (Wildman–Crippen MR) is 145 cm³/mol. The zero-order valence-electron chi connectivity index (χ0n) is 20.9. The fraction of sp³-hybridized carbons (Fsp3) is 0.182. The lowest BCUT2D eigenvalue weighted by Gasteiger charge is -2.51. The molecule has 3 amide bonds. The lowest BCUT2D eigenvalue weighted by atomic mass is 9.48. The van der Waals surface area contributed by atoms with Crippen LogP contribution in [0.5, 0.6) is 0 Å². The van der Waals surface area contributed by atoms with Crippen LogP contribution in [0.2, 0.25) is 0 Å². The van der Waals surface area contributed by atoms with Crippen LogP contribution < -0.4 is 10.2 Å². The summed E-state index contributed by atoms with van der Waals surface area (Å²) < 4.78 is 0. The highest BCUT2D eigenvalue weighted by Crippen LogP contribution is 2.67. The molecule has 4 aliphatic rings. The summed E-state index contributed by atoms with van der Waals surface area (Å²) in [5.41, 5.74) is 5.69. The molecular formula is C33H26N2O3. The van der Waals surface area contributed by atoms with Crippen LogP contribution in [0.15, 0.2) is 103 Å². The Labute approximate surface area is 221 Å². The molecule has 0 radical (unpaired) electrons. The Morgan fingerprint density at radius 2 is 1.32 bits per heavy atom. The Kier molecular flexibility index (Phi) is 4.92. The van der Waals surface area contributed by atoms with Crippen LogP contribution in [0.4, 0.5) is 5.69 Å². The molecule has 2 bridgehead atoms. The van der Waals surface area contributed by atoms with E-state index in [1.54, 1.807) is 24.3 Å². The van der Waals surface area contributed by atoms with Crippen LogP contribution in [0, 0.1) is 11.3 Å². The molecule has 4 aromatic rings. The van der Waals surface area contributed by atoms with Gasteiger partial charge in [-0.3, -0.25) is 14.4 Å². The third-order valence-electron chi connectivity index (χ3n) is 8.70. The van der Waals surface area contributed by atoms with E-state index < -0.39 is 11.3 Å². The Morgan fingerprint density at radius 3 is 1.92 bits per heavy atom. The van der Waals surface area contributed by atoms with Gasteiger partial charge >= 0.3 is 0 Å². The van der Waals surface area contributed by atoms with Crippen molar-refractivity contribution in [2.75, 3.05) is 4.90 Å². The summed E-state index contributed by atoms with van der Waals surface area (Å²) in [6.07, 6.45) is 0. The van der Waals surface area contributed by atoms with Gasteiger partial charge in [-0.2, -0.15) is 0 Å². The fourth-order valence-corrected chi connectivity index (χ4v) is 7.00. The minimum atomic E-state index is -0.879. The number of hydrogen-bond donors (Lipinski definition) is 1. The Morgan fingerprint density at radius 1 is 0.763 bits per heavy atom. The second-order valence-electron chi connectivity index (χ2n) is 10.6. The van der Waals surface area contributed by atoms with E-state index in [2.05, 4.69) is 29.6 Å². The van der Waals surface area contributed by atoms with Crippen LogP contribution in [0.25, 0.3) is 0 Å². The van der Waals surface area contributed by atoms with E-state index in [1.165, 1.54) is 4.90 Å². The molecule has 0 spiro atoms. The third-order valence-corrected chi connectivity index (χ3v) is 8.70. The first kappa shape index (κ1) is 22.7. The van der Waals surface area contributed by atoms with Crippen molar-refractivity contribution in [3.63, 3.8) is 0 Å². The van der Waals surface area contributed by atoms with E-state index in [-0.39, 0.29) is 29.6 Å².